The number of nitrogens with zero attached hydrogens (tertiary/aromatic N) is 1. The Bertz CT molecular complexity index is 155. The topological polar surface area (TPSA) is 61.1 Å². The molecule has 1 atom stereocenters. The third-order valence-corrected chi connectivity index (χ3v) is 0.834. The minimum atomic E-state index is -1.48. The van der Waals surface area contributed by atoms with Gasteiger partial charge in [0.15, 0.2) is 5.60 Å². The van der Waals surface area contributed by atoms with Gasteiger partial charge in [0, 0.05) is 6.42 Å². The number of carbonyl (C=O) groups is 1. The van der Waals surface area contributed by atoms with E-state index < -0.39 is 5.60 Å². The van der Waals surface area contributed by atoms with E-state index in [2.05, 4.69) is 0 Å². The first-order chi connectivity index (χ1) is 3.98. The average molecular weight is 127 g/mol. The lowest BCUT2D eigenvalue weighted by Crippen LogP contribution is -2.24. The number of rotatable bonds is 2. The van der Waals surface area contributed by atoms with Crippen molar-refractivity contribution in [2.24, 2.45) is 0 Å². The third kappa shape index (κ3) is 3.68. The maximum atomic E-state index is 10.3. The number of aliphatic hydroxyl groups is 1. The van der Waals surface area contributed by atoms with Gasteiger partial charge in [0.25, 0.3) is 0 Å². The van der Waals surface area contributed by atoms with E-state index in [1.807, 2.05) is 0 Å². The normalized spacial score (nSPS) is 15.8. The Balaban J connectivity index is 3.91. The van der Waals surface area contributed by atoms with Crippen molar-refractivity contribution < 1.29 is 9.90 Å². The largest absolute Gasteiger partial charge is 0.375 e. The molecule has 0 aliphatic rings. The Hall–Kier alpha value is -0.880. The molecular formula is C6H9NO2. The van der Waals surface area contributed by atoms with Gasteiger partial charge >= 0.3 is 0 Å². The summed E-state index contributed by atoms with van der Waals surface area (Å²) in [4.78, 5) is 10.3. The van der Waals surface area contributed by atoms with Crippen molar-refractivity contribution in [1.82, 2.24) is 0 Å². The van der Waals surface area contributed by atoms with Gasteiger partial charge in [0.1, 0.15) is 5.78 Å². The van der Waals surface area contributed by atoms with Gasteiger partial charge < -0.3 is 5.11 Å². The van der Waals surface area contributed by atoms with Gasteiger partial charge in [-0.15, -0.1) is 0 Å². The highest BCUT2D eigenvalue weighted by Gasteiger charge is 2.20. The summed E-state index contributed by atoms with van der Waals surface area (Å²) in [6, 6.07) is 1.61. The van der Waals surface area contributed by atoms with Crippen LogP contribution in [0.5, 0.6) is 0 Å². The molecule has 0 unspecified atom stereocenters. The minimum Gasteiger partial charge on any atom is -0.375 e. The second-order valence-electron chi connectivity index (χ2n) is 2.26. The molecule has 0 aliphatic carbocycles. The van der Waals surface area contributed by atoms with Crippen LogP contribution < -0.4 is 0 Å². The van der Waals surface area contributed by atoms with Crippen LogP contribution in [0.15, 0.2) is 0 Å². The highest BCUT2D eigenvalue weighted by atomic mass is 16.3. The van der Waals surface area contributed by atoms with Crippen molar-refractivity contribution >= 4 is 5.78 Å². The highest BCUT2D eigenvalue weighted by molar-refractivity contribution is 5.77. The molecule has 1 N–H and O–H groups in total. The van der Waals surface area contributed by atoms with Crippen LogP contribution in [0.3, 0.4) is 0 Å². The third-order valence-electron chi connectivity index (χ3n) is 0.834. The smallest absolute Gasteiger partial charge is 0.155 e. The second-order valence-corrected chi connectivity index (χ2v) is 2.26. The molecule has 3 heteroatoms. The van der Waals surface area contributed by atoms with E-state index in [1.165, 1.54) is 13.8 Å². The maximum Gasteiger partial charge on any atom is 0.155 e. The Kier molecular flexibility index (Phi) is 2.35. The number of nitriles is 1. The quantitative estimate of drug-likeness (QED) is 0.540. The summed E-state index contributed by atoms with van der Waals surface area (Å²) < 4.78 is 0. The number of ketones is 1. The van der Waals surface area contributed by atoms with Gasteiger partial charge in [-0.3, -0.25) is 4.79 Å². The Labute approximate surface area is 53.9 Å². The number of hydrogen-bond acceptors (Lipinski definition) is 3. The molecule has 0 saturated carbocycles. The Morgan fingerprint density at radius 3 is 2.44 bits per heavy atom. The molecule has 0 aromatic carbocycles. The molecule has 0 spiro atoms. The van der Waals surface area contributed by atoms with Gasteiger partial charge in [0.2, 0.25) is 0 Å². The zero-order valence-electron chi connectivity index (χ0n) is 5.51. The minimum absolute atomic E-state index is 0.0938. The average Bonchev–Trinajstić information content (AvgIpc) is 1.63. The molecule has 0 aromatic rings. The summed E-state index contributed by atoms with van der Waals surface area (Å²) >= 11 is 0. The van der Waals surface area contributed by atoms with Crippen LogP contribution in [0.4, 0.5) is 0 Å². The summed E-state index contributed by atoms with van der Waals surface area (Å²) in [6.07, 6.45) is -0.0938. The molecular weight excluding hydrogens is 118 g/mol. The van der Waals surface area contributed by atoms with Gasteiger partial charge in [-0.1, -0.05) is 0 Å². The van der Waals surface area contributed by atoms with Crippen molar-refractivity contribution in [2.75, 3.05) is 0 Å². The predicted molar refractivity (Wildman–Crippen MR) is 31.5 cm³/mol. The van der Waals surface area contributed by atoms with E-state index in [0.29, 0.717) is 0 Å². The lowest BCUT2D eigenvalue weighted by molar-refractivity contribution is -0.119. The molecule has 0 aliphatic heterocycles. The van der Waals surface area contributed by atoms with Gasteiger partial charge in [-0.05, 0) is 13.8 Å². The molecule has 0 aromatic heterocycles. The molecule has 0 rings (SSSR count). The molecule has 0 bridgehead atoms. The van der Waals surface area contributed by atoms with E-state index >= 15 is 0 Å². The molecule has 50 valence electrons. The second kappa shape index (κ2) is 2.60. The van der Waals surface area contributed by atoms with Crippen LogP contribution in [0.25, 0.3) is 0 Å². The summed E-state index contributed by atoms with van der Waals surface area (Å²) in [5.74, 6) is -0.179. The summed E-state index contributed by atoms with van der Waals surface area (Å²) in [5, 5.41) is 17.1. The van der Waals surface area contributed by atoms with Crippen LogP contribution in [0.1, 0.15) is 20.3 Å². The van der Waals surface area contributed by atoms with Gasteiger partial charge in [0.05, 0.1) is 6.07 Å². The molecule has 3 nitrogen and oxygen atoms in total. The fraction of sp³-hybridized carbons (Fsp3) is 0.667. The van der Waals surface area contributed by atoms with Crippen LogP contribution >= 0.6 is 0 Å². The highest BCUT2D eigenvalue weighted by Crippen LogP contribution is 2.06. The fourth-order valence-electron chi connectivity index (χ4n) is 0.524. The lowest BCUT2D eigenvalue weighted by atomic mass is 10.0. The molecule has 0 saturated heterocycles. The first-order valence-corrected chi connectivity index (χ1v) is 2.61. The molecule has 0 fully saturated rings. The van der Waals surface area contributed by atoms with Crippen molar-refractivity contribution in [3.05, 3.63) is 0 Å². The summed E-state index contributed by atoms with van der Waals surface area (Å²) in [6.45, 7) is 2.65. The van der Waals surface area contributed by atoms with Gasteiger partial charge in [-0.2, -0.15) is 5.26 Å². The maximum absolute atomic E-state index is 10.3. The standard InChI is InChI=1S/C6H9NO2/c1-5(8)3-6(2,9)4-7/h9H,3H2,1-2H3/t6-/m1/s1. The molecule has 0 heterocycles. The van der Waals surface area contributed by atoms with E-state index in [-0.39, 0.29) is 12.2 Å². The zero-order chi connectivity index (χ0) is 7.49. The Morgan fingerprint density at radius 1 is 1.89 bits per heavy atom. The van der Waals surface area contributed by atoms with Gasteiger partial charge in [-0.25, -0.2) is 0 Å². The first kappa shape index (κ1) is 8.12. The monoisotopic (exact) mass is 127 g/mol. The van der Waals surface area contributed by atoms with Crippen LogP contribution in [0.2, 0.25) is 0 Å². The molecule has 0 radical (unpaired) electrons. The van der Waals surface area contributed by atoms with E-state index in [9.17, 15) is 4.79 Å². The summed E-state index contributed by atoms with van der Waals surface area (Å²) in [5.41, 5.74) is -1.48. The van der Waals surface area contributed by atoms with Crippen LogP contribution in [0, 0.1) is 11.3 Å². The summed E-state index contributed by atoms with van der Waals surface area (Å²) in [7, 11) is 0. The van der Waals surface area contributed by atoms with E-state index in [1.54, 1.807) is 6.07 Å². The molecule has 9 heavy (non-hydrogen) atoms. The number of Topliss-reactive ketones (excluding diaryl/α,β-unsaturated/α-hetero) is 1. The van der Waals surface area contributed by atoms with Crippen molar-refractivity contribution in [2.45, 2.75) is 25.9 Å². The number of carbonyl (C=O) groups excluding carboxylic acids is 1. The molecule has 0 amide bonds. The van der Waals surface area contributed by atoms with Crippen molar-refractivity contribution in [3.63, 3.8) is 0 Å². The SMILES string of the molecule is CC(=O)C[C@@](C)(O)C#N. The van der Waals surface area contributed by atoms with Crippen LogP contribution in [-0.2, 0) is 4.79 Å². The fourth-order valence-corrected chi connectivity index (χ4v) is 0.524. The van der Waals surface area contributed by atoms with Crippen molar-refractivity contribution in [1.29, 1.82) is 5.26 Å². The zero-order valence-corrected chi connectivity index (χ0v) is 5.51. The van der Waals surface area contributed by atoms with E-state index in [4.69, 9.17) is 10.4 Å². The predicted octanol–water partition coefficient (Wildman–Crippen LogP) is 0.240. The Morgan fingerprint density at radius 2 is 2.33 bits per heavy atom. The number of hydrogen-bond donors (Lipinski definition) is 1. The van der Waals surface area contributed by atoms with E-state index in [0.717, 1.165) is 0 Å². The van der Waals surface area contributed by atoms with Crippen molar-refractivity contribution in [3.8, 4) is 6.07 Å². The lowest BCUT2D eigenvalue weighted by Gasteiger charge is -2.09. The van der Waals surface area contributed by atoms with Crippen LogP contribution in [-0.4, -0.2) is 16.5 Å². The first-order valence-electron chi connectivity index (χ1n) is 2.61.